The molecule has 0 spiro atoms. The predicted molar refractivity (Wildman–Crippen MR) is 136 cm³/mol. The van der Waals surface area contributed by atoms with Crippen molar-refractivity contribution in [2.75, 3.05) is 39.4 Å². The van der Waals surface area contributed by atoms with Gasteiger partial charge in [-0.05, 0) is 82.1 Å². The molecule has 0 aromatic carbocycles. The highest BCUT2D eigenvalue weighted by atomic mass is 16.5. The fourth-order valence-electron chi connectivity index (χ4n) is 7.62. The van der Waals surface area contributed by atoms with Gasteiger partial charge in [0.05, 0.1) is 19.8 Å². The van der Waals surface area contributed by atoms with Crippen molar-refractivity contribution >= 4 is 11.7 Å². The summed E-state index contributed by atoms with van der Waals surface area (Å²) in [7, 11) is 0. The van der Waals surface area contributed by atoms with E-state index in [9.17, 15) is 9.59 Å². The van der Waals surface area contributed by atoms with Crippen LogP contribution in [0, 0.1) is 29.1 Å². The molecule has 5 aliphatic rings. The van der Waals surface area contributed by atoms with E-state index in [4.69, 9.17) is 4.74 Å². The van der Waals surface area contributed by atoms with E-state index in [1.165, 1.54) is 19.3 Å². The fourth-order valence-corrected chi connectivity index (χ4v) is 7.62. The van der Waals surface area contributed by atoms with E-state index in [0.29, 0.717) is 36.2 Å². The van der Waals surface area contributed by atoms with Crippen molar-refractivity contribution in [2.45, 2.75) is 97.7 Å². The molecular formula is C28H49N3O3. The molecule has 0 bridgehead atoms. The van der Waals surface area contributed by atoms with E-state index >= 15 is 0 Å². The number of ether oxygens (including phenoxy) is 1. The van der Waals surface area contributed by atoms with Gasteiger partial charge in [-0.3, -0.25) is 19.4 Å². The highest BCUT2D eigenvalue weighted by molar-refractivity contribution is 5.87. The van der Waals surface area contributed by atoms with Crippen LogP contribution >= 0.6 is 0 Å². The lowest BCUT2D eigenvalue weighted by Crippen LogP contribution is -2.54. The predicted octanol–water partition coefficient (Wildman–Crippen LogP) is 3.73. The molecule has 3 saturated carbocycles. The quantitative estimate of drug-likeness (QED) is 0.634. The SMILES string of the molecule is C.CC1COCCN1C1CCC2CC(C(=O)C3CC3)C(NC(=O)CN3CCCC(C)(C)C3)C2C1. The summed E-state index contributed by atoms with van der Waals surface area (Å²) in [6.45, 7) is 12.0. The molecule has 6 heteroatoms. The van der Waals surface area contributed by atoms with Crippen LogP contribution < -0.4 is 5.32 Å². The number of hydrogen-bond acceptors (Lipinski definition) is 5. The summed E-state index contributed by atoms with van der Waals surface area (Å²) >= 11 is 0. The second-order valence-corrected chi connectivity index (χ2v) is 12.6. The molecule has 0 aromatic rings. The maximum absolute atomic E-state index is 13.3. The zero-order chi connectivity index (χ0) is 23.2. The lowest BCUT2D eigenvalue weighted by molar-refractivity contribution is -0.127. The first kappa shape index (κ1) is 26.1. The Morgan fingerprint density at radius 3 is 2.59 bits per heavy atom. The zero-order valence-corrected chi connectivity index (χ0v) is 21.1. The summed E-state index contributed by atoms with van der Waals surface area (Å²) in [4.78, 5) is 31.5. The van der Waals surface area contributed by atoms with Gasteiger partial charge in [0, 0.05) is 43.1 Å². The van der Waals surface area contributed by atoms with Crippen LogP contribution in [0.25, 0.3) is 0 Å². The van der Waals surface area contributed by atoms with Crippen LogP contribution in [0.2, 0.25) is 0 Å². The van der Waals surface area contributed by atoms with Crippen molar-refractivity contribution in [3.05, 3.63) is 0 Å². The first-order valence-electron chi connectivity index (χ1n) is 13.7. The largest absolute Gasteiger partial charge is 0.379 e. The summed E-state index contributed by atoms with van der Waals surface area (Å²) in [6.07, 6.45) is 9.04. The van der Waals surface area contributed by atoms with Crippen LogP contribution in [0.5, 0.6) is 0 Å². The van der Waals surface area contributed by atoms with Gasteiger partial charge < -0.3 is 10.1 Å². The molecular weight excluding hydrogens is 426 g/mol. The van der Waals surface area contributed by atoms with Crippen LogP contribution in [0.3, 0.4) is 0 Å². The number of carbonyl (C=O) groups excluding carboxylic acids is 2. The Balaban J connectivity index is 0.00000274. The third-order valence-electron chi connectivity index (χ3n) is 9.38. The van der Waals surface area contributed by atoms with E-state index in [1.54, 1.807) is 0 Å². The summed E-state index contributed by atoms with van der Waals surface area (Å²) in [6, 6.07) is 1.05. The molecule has 0 aromatic heterocycles. The van der Waals surface area contributed by atoms with Crippen molar-refractivity contribution in [2.24, 2.45) is 29.1 Å². The molecule has 6 nitrogen and oxygen atoms in total. The van der Waals surface area contributed by atoms with E-state index in [0.717, 1.165) is 65.0 Å². The van der Waals surface area contributed by atoms with Crippen LogP contribution in [0.4, 0.5) is 0 Å². The van der Waals surface area contributed by atoms with Crippen molar-refractivity contribution in [1.29, 1.82) is 0 Å². The van der Waals surface area contributed by atoms with Gasteiger partial charge in [0.15, 0.2) is 0 Å². The number of ketones is 1. The van der Waals surface area contributed by atoms with Crippen LogP contribution in [-0.4, -0.2) is 79.0 Å². The number of fused-ring (bicyclic) bond motifs is 1. The standard InChI is InChI=1S/C27H45N3O3.CH4/c1-18-16-33-12-11-30(18)21-8-7-20-13-23(26(32)19-5-6-19)25(22(20)14-21)28-24(31)15-29-10-4-9-27(2,3)17-29;/h18-23,25H,4-17H2,1-3H3,(H,28,31);1H4. The number of amides is 1. The smallest absolute Gasteiger partial charge is 0.234 e. The summed E-state index contributed by atoms with van der Waals surface area (Å²) in [5, 5.41) is 3.46. The maximum Gasteiger partial charge on any atom is 0.234 e. The number of hydrogen-bond donors (Lipinski definition) is 1. The van der Waals surface area contributed by atoms with Gasteiger partial charge >= 0.3 is 0 Å². The van der Waals surface area contributed by atoms with E-state index in [2.05, 4.69) is 35.9 Å². The molecule has 6 atom stereocenters. The van der Waals surface area contributed by atoms with Gasteiger partial charge in [-0.1, -0.05) is 21.3 Å². The number of piperidine rings is 1. The molecule has 1 N–H and O–H groups in total. The number of rotatable bonds is 6. The highest BCUT2D eigenvalue weighted by Gasteiger charge is 2.52. The molecule has 34 heavy (non-hydrogen) atoms. The third-order valence-corrected chi connectivity index (χ3v) is 9.38. The monoisotopic (exact) mass is 475 g/mol. The molecule has 194 valence electrons. The lowest BCUT2D eigenvalue weighted by atomic mass is 9.76. The van der Waals surface area contributed by atoms with Gasteiger partial charge in [-0.2, -0.15) is 0 Å². The third kappa shape index (κ3) is 5.70. The Bertz CT molecular complexity index is 736. The van der Waals surface area contributed by atoms with E-state index < -0.39 is 0 Å². The average Bonchev–Trinajstić information content (AvgIpc) is 3.56. The van der Waals surface area contributed by atoms with E-state index in [-0.39, 0.29) is 36.6 Å². The molecule has 3 aliphatic carbocycles. The van der Waals surface area contributed by atoms with Crippen LogP contribution in [0.1, 0.15) is 79.6 Å². The molecule has 0 radical (unpaired) electrons. The van der Waals surface area contributed by atoms with Gasteiger partial charge in [0.2, 0.25) is 5.91 Å². The summed E-state index contributed by atoms with van der Waals surface area (Å²) < 4.78 is 5.68. The van der Waals surface area contributed by atoms with Crippen LogP contribution in [0.15, 0.2) is 0 Å². The van der Waals surface area contributed by atoms with Gasteiger partial charge in [-0.25, -0.2) is 0 Å². The Kier molecular flexibility index (Phi) is 8.10. The Morgan fingerprint density at radius 2 is 1.88 bits per heavy atom. The molecule has 6 unspecified atom stereocenters. The van der Waals surface area contributed by atoms with Gasteiger partial charge in [0.1, 0.15) is 5.78 Å². The van der Waals surface area contributed by atoms with Gasteiger partial charge in [-0.15, -0.1) is 0 Å². The van der Waals surface area contributed by atoms with Crippen LogP contribution in [-0.2, 0) is 14.3 Å². The molecule has 2 heterocycles. The first-order valence-corrected chi connectivity index (χ1v) is 13.7. The minimum absolute atomic E-state index is 0. The number of morpholine rings is 1. The topological polar surface area (TPSA) is 61.9 Å². The van der Waals surface area contributed by atoms with Gasteiger partial charge in [0.25, 0.3) is 0 Å². The number of Topliss-reactive ketones (excluding diaryl/α,β-unsaturated/α-hetero) is 1. The minimum atomic E-state index is 0. The summed E-state index contributed by atoms with van der Waals surface area (Å²) in [5.41, 5.74) is 0.285. The maximum atomic E-state index is 13.3. The second-order valence-electron chi connectivity index (χ2n) is 12.6. The Labute approximate surface area is 207 Å². The van der Waals surface area contributed by atoms with Crippen molar-refractivity contribution in [1.82, 2.24) is 15.1 Å². The normalized spacial score (nSPS) is 38.6. The minimum Gasteiger partial charge on any atom is -0.379 e. The number of nitrogens with zero attached hydrogens (tertiary/aromatic N) is 2. The molecule has 1 amide bonds. The Morgan fingerprint density at radius 1 is 1.09 bits per heavy atom. The number of likely N-dealkylation sites (tertiary alicyclic amines) is 1. The second kappa shape index (κ2) is 10.6. The van der Waals surface area contributed by atoms with E-state index in [1.807, 2.05) is 0 Å². The van der Waals surface area contributed by atoms with Crippen molar-refractivity contribution in [3.63, 3.8) is 0 Å². The average molecular weight is 476 g/mol. The molecule has 2 saturated heterocycles. The number of carbonyl (C=O) groups is 2. The fraction of sp³-hybridized carbons (Fsp3) is 0.929. The molecule has 5 rings (SSSR count). The van der Waals surface area contributed by atoms with Crippen molar-refractivity contribution < 1.29 is 14.3 Å². The number of nitrogens with one attached hydrogen (secondary N) is 1. The molecule has 5 fully saturated rings. The van der Waals surface area contributed by atoms with Crippen molar-refractivity contribution in [3.8, 4) is 0 Å². The highest BCUT2D eigenvalue weighted by Crippen LogP contribution is 2.49. The molecule has 2 aliphatic heterocycles. The first-order chi connectivity index (χ1) is 15.8. The lowest BCUT2D eigenvalue weighted by Gasteiger charge is -2.45. The zero-order valence-electron chi connectivity index (χ0n) is 21.1. The summed E-state index contributed by atoms with van der Waals surface area (Å²) in [5.74, 6) is 1.92. The Hall–Kier alpha value is -0.980.